The largest absolute Gasteiger partial charge is 0.340 e. The summed E-state index contributed by atoms with van der Waals surface area (Å²) in [5.41, 5.74) is 1.15. The molecule has 5 aromatic rings. The van der Waals surface area contributed by atoms with Crippen molar-refractivity contribution in [2.75, 3.05) is 0 Å². The van der Waals surface area contributed by atoms with Gasteiger partial charge < -0.3 is 10.6 Å². The number of rotatable bonds is 6. The van der Waals surface area contributed by atoms with E-state index in [1.165, 1.54) is 22.7 Å². The third-order valence-electron chi connectivity index (χ3n) is 7.97. The number of carbonyl (C=O) groups excluding carboxylic acids is 4. The van der Waals surface area contributed by atoms with Crippen LogP contribution in [0.3, 0.4) is 0 Å². The molecule has 6 heterocycles. The van der Waals surface area contributed by atoms with Crippen molar-refractivity contribution in [3.8, 4) is 0 Å². The van der Waals surface area contributed by atoms with Gasteiger partial charge in [-0.3, -0.25) is 19.2 Å². The minimum Gasteiger partial charge on any atom is -0.340 e. The number of carbonyl (C=O) groups is 4. The first-order valence-electron chi connectivity index (χ1n) is 14.6. The molecule has 3 atom stereocenters. The van der Waals surface area contributed by atoms with Crippen LogP contribution in [0.15, 0.2) is 102 Å². The second kappa shape index (κ2) is 15.1. The highest BCUT2D eigenvalue weighted by atomic mass is 79.9. The minimum absolute atomic E-state index is 0.0557. The lowest BCUT2D eigenvalue weighted by Crippen LogP contribution is -2.58. The maximum absolute atomic E-state index is 13.2. The molecule has 0 saturated carbocycles. The number of amides is 2. The molecule has 8 nitrogen and oxygen atoms in total. The molecule has 250 valence electrons. The number of thiophene rings is 2. The highest BCUT2D eigenvalue weighted by Gasteiger charge is 2.49. The van der Waals surface area contributed by atoms with E-state index in [9.17, 15) is 19.2 Å². The van der Waals surface area contributed by atoms with Gasteiger partial charge in [0.2, 0.25) is 11.8 Å². The molecule has 0 aliphatic carbocycles. The third-order valence-corrected chi connectivity index (χ3v) is 12.5. The SMILES string of the molecule is O=C1CC(=O)NC(c2ccsc2)(c2cccc(Br)n2)C1.O=C1CC(c2ccsc2)(c2cccc(Br)n2)NC(=O)C1Sc1cccc(Cl)c1Cl. The number of piperidine rings is 2. The van der Waals surface area contributed by atoms with E-state index < -0.39 is 16.3 Å². The van der Waals surface area contributed by atoms with E-state index in [0.717, 1.165) is 22.9 Å². The van der Waals surface area contributed by atoms with Crippen LogP contribution in [0.1, 0.15) is 41.8 Å². The summed E-state index contributed by atoms with van der Waals surface area (Å²) in [5, 5.41) is 13.6. The van der Waals surface area contributed by atoms with Gasteiger partial charge in [-0.15, -0.1) is 11.8 Å². The highest BCUT2D eigenvalue weighted by molar-refractivity contribution is 9.10. The molecule has 3 unspecified atom stereocenters. The number of benzene rings is 1. The number of halogens is 4. The lowest BCUT2D eigenvalue weighted by Gasteiger charge is -2.39. The Morgan fingerprint density at radius 3 is 1.84 bits per heavy atom. The molecule has 2 aliphatic rings. The Balaban J connectivity index is 0.000000182. The average Bonchev–Trinajstić information content (AvgIpc) is 3.81. The topological polar surface area (TPSA) is 118 Å². The molecule has 15 heteroatoms. The molecule has 2 N–H and O–H groups in total. The Bertz CT molecular complexity index is 2010. The summed E-state index contributed by atoms with van der Waals surface area (Å²) in [6, 6.07) is 19.9. The number of nitrogens with one attached hydrogen (secondary N) is 2. The number of nitrogens with zero attached hydrogens (tertiary/aromatic N) is 2. The van der Waals surface area contributed by atoms with Gasteiger partial charge in [0.1, 0.15) is 31.3 Å². The zero-order chi connectivity index (χ0) is 34.8. The summed E-state index contributed by atoms with van der Waals surface area (Å²) in [6.07, 6.45) is 0.271. The van der Waals surface area contributed by atoms with Crippen LogP contribution < -0.4 is 10.6 Å². The van der Waals surface area contributed by atoms with Gasteiger partial charge in [-0.2, -0.15) is 22.7 Å². The Morgan fingerprint density at radius 2 is 1.33 bits per heavy atom. The van der Waals surface area contributed by atoms with Crippen molar-refractivity contribution in [3.05, 3.63) is 130 Å². The minimum atomic E-state index is -1.01. The second-order valence-electron chi connectivity index (χ2n) is 11.1. The first-order chi connectivity index (χ1) is 23.5. The van der Waals surface area contributed by atoms with Gasteiger partial charge in [0.05, 0.1) is 27.9 Å². The normalized spacial score (nSPS) is 22.2. The molecule has 2 aliphatic heterocycles. The fourth-order valence-electron chi connectivity index (χ4n) is 5.77. The molecule has 0 spiro atoms. The van der Waals surface area contributed by atoms with E-state index in [2.05, 4.69) is 52.5 Å². The maximum atomic E-state index is 13.2. The van der Waals surface area contributed by atoms with Crippen LogP contribution in [0.4, 0.5) is 0 Å². The molecule has 0 bridgehead atoms. The van der Waals surface area contributed by atoms with Crippen LogP contribution in [0.2, 0.25) is 10.0 Å². The molecule has 1 aromatic carbocycles. The van der Waals surface area contributed by atoms with Crippen molar-refractivity contribution >= 4 is 113 Å². The quantitative estimate of drug-likeness (QED) is 0.130. The molecule has 7 rings (SSSR count). The smallest absolute Gasteiger partial charge is 0.242 e. The van der Waals surface area contributed by atoms with E-state index in [4.69, 9.17) is 23.2 Å². The lowest BCUT2D eigenvalue weighted by molar-refractivity contribution is -0.135. The van der Waals surface area contributed by atoms with E-state index in [1.54, 1.807) is 24.3 Å². The Hall–Kier alpha value is -2.91. The summed E-state index contributed by atoms with van der Waals surface area (Å²) in [4.78, 5) is 59.7. The van der Waals surface area contributed by atoms with Crippen molar-refractivity contribution in [2.45, 2.75) is 40.5 Å². The van der Waals surface area contributed by atoms with Gasteiger partial charge in [0.25, 0.3) is 0 Å². The van der Waals surface area contributed by atoms with Crippen LogP contribution in [0.5, 0.6) is 0 Å². The lowest BCUT2D eigenvalue weighted by atomic mass is 9.79. The molecular formula is C34H24Br2Cl2N4O4S3. The van der Waals surface area contributed by atoms with Crippen molar-refractivity contribution in [1.29, 1.82) is 0 Å². The van der Waals surface area contributed by atoms with Crippen LogP contribution >= 0.6 is 89.5 Å². The van der Waals surface area contributed by atoms with E-state index in [-0.39, 0.29) is 42.6 Å². The summed E-state index contributed by atoms with van der Waals surface area (Å²) in [5.74, 6) is -0.894. The molecule has 0 radical (unpaired) electrons. The zero-order valence-corrected chi connectivity index (χ0v) is 32.3. The van der Waals surface area contributed by atoms with Gasteiger partial charge in [-0.05, 0) is 113 Å². The van der Waals surface area contributed by atoms with Gasteiger partial charge in [0, 0.05) is 17.7 Å². The fourth-order valence-corrected chi connectivity index (χ4v) is 9.41. The van der Waals surface area contributed by atoms with Gasteiger partial charge in [0.15, 0.2) is 5.78 Å². The fraction of sp³-hybridized carbons (Fsp3) is 0.176. The Morgan fingerprint density at radius 1 is 0.755 bits per heavy atom. The molecule has 2 saturated heterocycles. The first kappa shape index (κ1) is 35.9. The van der Waals surface area contributed by atoms with Crippen LogP contribution in [-0.2, 0) is 30.3 Å². The average molecular weight is 880 g/mol. The van der Waals surface area contributed by atoms with Gasteiger partial charge >= 0.3 is 0 Å². The molecule has 2 amide bonds. The molecular weight excluding hydrogens is 855 g/mol. The number of hydrogen-bond acceptors (Lipinski definition) is 9. The standard InChI is InChI=1S/C20H13BrCl2N2O2S2.C14H11BrN2O2S/c21-16-6-2-5-15(24-16)20(11-7-8-28-10-11)9-13(26)18(19(27)25-20)29-14-4-1-3-12(22)17(14)23;15-12-3-1-2-11(16-12)14(9-4-5-20-8-9)7-10(18)6-13(19)17-14/h1-8,10,18H,9H2,(H,25,27);1-5,8H,6-7H2,(H,17,19). The van der Waals surface area contributed by atoms with E-state index in [0.29, 0.717) is 35.5 Å². The number of ketones is 2. The summed E-state index contributed by atoms with van der Waals surface area (Å²) < 4.78 is 1.31. The highest BCUT2D eigenvalue weighted by Crippen LogP contribution is 2.42. The maximum Gasteiger partial charge on any atom is 0.242 e. The van der Waals surface area contributed by atoms with Crippen LogP contribution in [0.25, 0.3) is 0 Å². The predicted octanol–water partition coefficient (Wildman–Crippen LogP) is 8.33. The Kier molecular flexibility index (Phi) is 11.1. The number of hydrogen-bond donors (Lipinski definition) is 2. The van der Waals surface area contributed by atoms with Crippen molar-refractivity contribution in [1.82, 2.24) is 20.6 Å². The summed E-state index contributed by atoms with van der Waals surface area (Å²) >= 11 is 23.2. The third kappa shape index (κ3) is 7.58. The zero-order valence-electron chi connectivity index (χ0n) is 25.1. The molecule has 4 aromatic heterocycles. The van der Waals surface area contributed by atoms with E-state index in [1.807, 2.05) is 64.0 Å². The van der Waals surface area contributed by atoms with Crippen molar-refractivity contribution in [3.63, 3.8) is 0 Å². The monoisotopic (exact) mass is 876 g/mol. The first-order valence-corrected chi connectivity index (χ1v) is 19.7. The number of aromatic nitrogens is 2. The molecule has 49 heavy (non-hydrogen) atoms. The van der Waals surface area contributed by atoms with Crippen molar-refractivity contribution in [2.24, 2.45) is 0 Å². The van der Waals surface area contributed by atoms with Crippen LogP contribution in [-0.4, -0.2) is 38.6 Å². The van der Waals surface area contributed by atoms with Gasteiger partial charge in [-0.1, -0.05) is 41.4 Å². The van der Waals surface area contributed by atoms with Crippen LogP contribution in [0, 0.1) is 0 Å². The number of thioether (sulfide) groups is 1. The summed E-state index contributed by atoms with van der Waals surface area (Å²) in [7, 11) is 0. The van der Waals surface area contributed by atoms with Gasteiger partial charge in [-0.25, -0.2) is 9.97 Å². The molecule has 2 fully saturated rings. The predicted molar refractivity (Wildman–Crippen MR) is 200 cm³/mol. The van der Waals surface area contributed by atoms with E-state index >= 15 is 0 Å². The van der Waals surface area contributed by atoms with Crippen molar-refractivity contribution < 1.29 is 19.2 Å². The summed E-state index contributed by atoms with van der Waals surface area (Å²) in [6.45, 7) is 0. The second-order valence-corrected chi connectivity index (χ2v) is 16.3. The number of Topliss-reactive ketones (excluding diaryl/α,β-unsaturated/α-hetero) is 2. The Labute approximate surface area is 320 Å². The number of pyridine rings is 2.